The molecule has 0 aliphatic carbocycles. The average molecular weight is 251 g/mol. The van der Waals surface area contributed by atoms with Crippen molar-refractivity contribution in [1.29, 1.82) is 0 Å². The maximum atomic E-state index is 6.28. The van der Waals surface area contributed by atoms with Crippen LogP contribution < -0.4 is 5.73 Å². The maximum absolute atomic E-state index is 6.28. The molecule has 0 spiro atoms. The summed E-state index contributed by atoms with van der Waals surface area (Å²) in [5.74, 6) is 0.422. The summed E-state index contributed by atoms with van der Waals surface area (Å²) < 4.78 is 2.25. The van der Waals surface area contributed by atoms with Crippen molar-refractivity contribution in [3.63, 3.8) is 0 Å². The standard InChI is InChI=1S/C15H29N3/c1-11(2)13(16)12-8-17-10-18(12)15(6,7)9-14(3,4)5/h8,10-11,13H,9,16H2,1-7H3. The Morgan fingerprint density at radius 3 is 2.22 bits per heavy atom. The van der Waals surface area contributed by atoms with Gasteiger partial charge < -0.3 is 10.3 Å². The minimum Gasteiger partial charge on any atom is -0.327 e. The Balaban J connectivity index is 3.06. The van der Waals surface area contributed by atoms with Crippen LogP contribution in [-0.2, 0) is 5.54 Å². The molecular formula is C15H29N3. The molecule has 104 valence electrons. The van der Waals surface area contributed by atoms with E-state index in [1.165, 1.54) is 0 Å². The lowest BCUT2D eigenvalue weighted by Gasteiger charge is -2.36. The summed E-state index contributed by atoms with van der Waals surface area (Å²) in [7, 11) is 0. The third-order valence-electron chi connectivity index (χ3n) is 3.34. The van der Waals surface area contributed by atoms with Crippen LogP contribution in [0.5, 0.6) is 0 Å². The Morgan fingerprint density at radius 2 is 1.78 bits per heavy atom. The van der Waals surface area contributed by atoms with E-state index in [4.69, 9.17) is 5.73 Å². The van der Waals surface area contributed by atoms with Crippen LogP contribution in [0.3, 0.4) is 0 Å². The van der Waals surface area contributed by atoms with Gasteiger partial charge in [0.25, 0.3) is 0 Å². The Morgan fingerprint density at radius 1 is 1.22 bits per heavy atom. The number of nitrogens with two attached hydrogens (primary N) is 1. The normalized spacial score (nSPS) is 15.2. The lowest BCUT2D eigenvalue weighted by atomic mass is 9.81. The molecule has 0 aromatic carbocycles. The van der Waals surface area contributed by atoms with Gasteiger partial charge in [-0.3, -0.25) is 0 Å². The predicted molar refractivity (Wildman–Crippen MR) is 77.4 cm³/mol. The van der Waals surface area contributed by atoms with Gasteiger partial charge in [0.2, 0.25) is 0 Å². The summed E-state index contributed by atoms with van der Waals surface area (Å²) in [6.45, 7) is 15.6. The van der Waals surface area contributed by atoms with Gasteiger partial charge in [-0.2, -0.15) is 0 Å². The summed E-state index contributed by atoms with van der Waals surface area (Å²) >= 11 is 0. The highest BCUT2D eigenvalue weighted by Crippen LogP contribution is 2.34. The van der Waals surface area contributed by atoms with Gasteiger partial charge in [-0.05, 0) is 31.6 Å². The SMILES string of the molecule is CC(C)C(N)c1cncn1C(C)(C)CC(C)(C)C. The minimum atomic E-state index is 0.0383. The third-order valence-corrected chi connectivity index (χ3v) is 3.34. The second-order valence-electron chi connectivity index (χ2n) is 7.51. The highest BCUT2D eigenvalue weighted by Gasteiger charge is 2.30. The average Bonchev–Trinajstić information content (AvgIpc) is 2.60. The van der Waals surface area contributed by atoms with Gasteiger partial charge in [-0.1, -0.05) is 34.6 Å². The smallest absolute Gasteiger partial charge is 0.0953 e. The van der Waals surface area contributed by atoms with E-state index in [1.54, 1.807) is 0 Å². The molecule has 1 atom stereocenters. The van der Waals surface area contributed by atoms with Crippen LogP contribution in [0.1, 0.15) is 66.6 Å². The topological polar surface area (TPSA) is 43.8 Å². The number of nitrogens with zero attached hydrogens (tertiary/aromatic N) is 2. The molecule has 0 saturated heterocycles. The van der Waals surface area contributed by atoms with Crippen LogP contribution in [0.25, 0.3) is 0 Å². The summed E-state index contributed by atoms with van der Waals surface area (Å²) in [4.78, 5) is 4.30. The van der Waals surface area contributed by atoms with Gasteiger partial charge in [0, 0.05) is 17.8 Å². The van der Waals surface area contributed by atoms with Gasteiger partial charge in [0.05, 0.1) is 12.0 Å². The fourth-order valence-corrected chi connectivity index (χ4v) is 2.78. The molecular weight excluding hydrogens is 222 g/mol. The van der Waals surface area contributed by atoms with Crippen LogP contribution in [0.4, 0.5) is 0 Å². The van der Waals surface area contributed by atoms with Crippen LogP contribution in [-0.4, -0.2) is 9.55 Å². The van der Waals surface area contributed by atoms with Crippen molar-refractivity contribution >= 4 is 0 Å². The molecule has 18 heavy (non-hydrogen) atoms. The number of hydrogen-bond donors (Lipinski definition) is 1. The van der Waals surface area contributed by atoms with Crippen LogP contribution in [0.15, 0.2) is 12.5 Å². The molecule has 1 rings (SSSR count). The highest BCUT2D eigenvalue weighted by molar-refractivity contribution is 5.09. The van der Waals surface area contributed by atoms with E-state index in [9.17, 15) is 0 Å². The van der Waals surface area contributed by atoms with Crippen molar-refractivity contribution in [1.82, 2.24) is 9.55 Å². The Hall–Kier alpha value is -0.830. The van der Waals surface area contributed by atoms with Crippen LogP contribution in [0, 0.1) is 11.3 Å². The number of hydrogen-bond acceptors (Lipinski definition) is 2. The van der Waals surface area contributed by atoms with Gasteiger partial charge in [0.15, 0.2) is 0 Å². The van der Waals surface area contributed by atoms with E-state index in [1.807, 2.05) is 12.5 Å². The third kappa shape index (κ3) is 3.58. The molecule has 0 bridgehead atoms. The monoisotopic (exact) mass is 251 g/mol. The highest BCUT2D eigenvalue weighted by atomic mass is 15.1. The summed E-state index contributed by atoms with van der Waals surface area (Å²) in [6.07, 6.45) is 4.92. The first kappa shape index (κ1) is 15.2. The van der Waals surface area contributed by atoms with E-state index in [2.05, 4.69) is 58.0 Å². The second kappa shape index (κ2) is 5.04. The number of rotatable bonds is 4. The quantitative estimate of drug-likeness (QED) is 0.886. The van der Waals surface area contributed by atoms with Gasteiger partial charge >= 0.3 is 0 Å². The molecule has 3 nitrogen and oxygen atoms in total. The minimum absolute atomic E-state index is 0.0383. The van der Waals surface area contributed by atoms with Crippen molar-refractivity contribution in [3.05, 3.63) is 18.2 Å². The van der Waals surface area contributed by atoms with Gasteiger partial charge in [-0.25, -0.2) is 4.98 Å². The van der Waals surface area contributed by atoms with Crippen molar-refractivity contribution < 1.29 is 0 Å². The first-order valence-corrected chi connectivity index (χ1v) is 6.83. The van der Waals surface area contributed by atoms with E-state index < -0.39 is 0 Å². The first-order chi connectivity index (χ1) is 8.04. The Labute approximate surface area is 112 Å². The molecule has 0 radical (unpaired) electrons. The Kier molecular flexibility index (Phi) is 4.26. The molecule has 0 saturated carbocycles. The van der Waals surface area contributed by atoms with Crippen molar-refractivity contribution in [2.45, 2.75) is 66.5 Å². The second-order valence-corrected chi connectivity index (χ2v) is 7.51. The lowest BCUT2D eigenvalue weighted by Crippen LogP contribution is -2.34. The van der Waals surface area contributed by atoms with Crippen molar-refractivity contribution in [2.24, 2.45) is 17.1 Å². The van der Waals surface area contributed by atoms with Gasteiger partial charge in [0.1, 0.15) is 0 Å². The zero-order valence-electron chi connectivity index (χ0n) is 13.0. The predicted octanol–water partition coefficient (Wildman–Crippen LogP) is 3.71. The lowest BCUT2D eigenvalue weighted by molar-refractivity contribution is 0.206. The number of imidazole rings is 1. The zero-order chi connectivity index (χ0) is 14.1. The molecule has 1 unspecified atom stereocenters. The molecule has 3 heteroatoms. The number of aromatic nitrogens is 2. The fourth-order valence-electron chi connectivity index (χ4n) is 2.78. The molecule has 0 fully saturated rings. The van der Waals surface area contributed by atoms with Crippen molar-refractivity contribution in [2.75, 3.05) is 0 Å². The summed E-state index contributed by atoms with van der Waals surface area (Å²) in [5, 5.41) is 0. The van der Waals surface area contributed by atoms with Crippen molar-refractivity contribution in [3.8, 4) is 0 Å². The molecule has 0 amide bonds. The van der Waals surface area contributed by atoms with Gasteiger partial charge in [-0.15, -0.1) is 0 Å². The maximum Gasteiger partial charge on any atom is 0.0953 e. The van der Waals surface area contributed by atoms with Crippen LogP contribution in [0.2, 0.25) is 0 Å². The molecule has 2 N–H and O–H groups in total. The molecule has 1 heterocycles. The fraction of sp³-hybridized carbons (Fsp3) is 0.800. The molecule has 1 aromatic rings. The Bertz CT molecular complexity index is 383. The van der Waals surface area contributed by atoms with E-state index in [0.717, 1.165) is 12.1 Å². The van der Waals surface area contributed by atoms with E-state index >= 15 is 0 Å². The summed E-state index contributed by atoms with van der Waals surface area (Å²) in [5.41, 5.74) is 7.74. The van der Waals surface area contributed by atoms with E-state index in [0.29, 0.717) is 5.92 Å². The largest absolute Gasteiger partial charge is 0.327 e. The first-order valence-electron chi connectivity index (χ1n) is 6.83. The zero-order valence-corrected chi connectivity index (χ0v) is 13.0. The molecule has 0 aliphatic heterocycles. The molecule has 1 aromatic heterocycles. The molecule has 0 aliphatic rings. The summed E-state index contributed by atoms with van der Waals surface area (Å²) in [6, 6.07) is 0.0479. The van der Waals surface area contributed by atoms with E-state index in [-0.39, 0.29) is 17.0 Å². The van der Waals surface area contributed by atoms with Crippen LogP contribution >= 0.6 is 0 Å².